The lowest BCUT2D eigenvalue weighted by Crippen LogP contribution is -2.28. The van der Waals surface area contributed by atoms with Crippen molar-refractivity contribution in [3.63, 3.8) is 0 Å². The highest BCUT2D eigenvalue weighted by atomic mass is 16.6. The normalized spacial score (nSPS) is 16.1. The molecule has 0 aliphatic carbocycles. The third kappa shape index (κ3) is 3.83. The molecule has 0 unspecified atom stereocenters. The minimum absolute atomic E-state index is 0.0356. The number of nitro groups is 1. The molecule has 1 fully saturated rings. The molecule has 1 aliphatic rings. The number of benzene rings is 2. The Hall–Kier alpha value is -3.75. The number of nitrogens with zero attached hydrogens (tertiary/aromatic N) is 2. The van der Waals surface area contributed by atoms with E-state index in [1.807, 2.05) is 0 Å². The van der Waals surface area contributed by atoms with Gasteiger partial charge in [-0.1, -0.05) is 12.1 Å². The predicted octanol–water partition coefficient (Wildman–Crippen LogP) is 2.59. The van der Waals surface area contributed by atoms with Gasteiger partial charge in [0.05, 0.1) is 22.1 Å². The van der Waals surface area contributed by atoms with Crippen LogP contribution in [0.25, 0.3) is 0 Å². The van der Waals surface area contributed by atoms with Crippen LogP contribution >= 0.6 is 0 Å². The molecule has 1 aliphatic heterocycles. The van der Waals surface area contributed by atoms with Crippen LogP contribution in [0.5, 0.6) is 0 Å². The fraction of sp³-hybridized carbons (Fsp3) is 0.211. The number of nitrogens with one attached hydrogen (secondary N) is 1. The standard InChI is InChI=1S/C19H17N3O6/c1-11-5-6-15(9-16(11)22(27)28)21-10-13(8-17(21)23)18(24)20-14-4-2-3-12(7-14)19(25)26/h2-7,9,13H,8,10H2,1H3,(H,20,24)(H,25,26)/t13-/m1/s1. The highest BCUT2D eigenvalue weighted by Gasteiger charge is 2.35. The zero-order valence-corrected chi connectivity index (χ0v) is 14.9. The average Bonchev–Trinajstić information content (AvgIpc) is 3.04. The number of hydrogen-bond donors (Lipinski definition) is 2. The van der Waals surface area contributed by atoms with Crippen LogP contribution in [0.3, 0.4) is 0 Å². The van der Waals surface area contributed by atoms with E-state index < -0.39 is 22.7 Å². The van der Waals surface area contributed by atoms with Gasteiger partial charge in [0.1, 0.15) is 0 Å². The topological polar surface area (TPSA) is 130 Å². The number of rotatable bonds is 5. The van der Waals surface area contributed by atoms with Crippen molar-refractivity contribution in [2.24, 2.45) is 5.92 Å². The number of aryl methyl sites for hydroxylation is 1. The van der Waals surface area contributed by atoms with E-state index in [0.29, 0.717) is 16.9 Å². The second-order valence-electron chi connectivity index (χ2n) is 6.51. The largest absolute Gasteiger partial charge is 0.478 e. The molecule has 1 heterocycles. The van der Waals surface area contributed by atoms with Crippen molar-refractivity contribution >= 4 is 34.8 Å². The summed E-state index contributed by atoms with van der Waals surface area (Å²) in [5.41, 5.74) is 1.11. The van der Waals surface area contributed by atoms with Crippen molar-refractivity contribution in [3.05, 3.63) is 63.7 Å². The Morgan fingerprint density at radius 2 is 2.00 bits per heavy atom. The second kappa shape index (κ2) is 7.47. The van der Waals surface area contributed by atoms with E-state index in [1.54, 1.807) is 25.1 Å². The molecular formula is C19H17N3O6. The first-order valence-electron chi connectivity index (χ1n) is 8.46. The summed E-state index contributed by atoms with van der Waals surface area (Å²) in [6.07, 6.45) is -0.0356. The van der Waals surface area contributed by atoms with E-state index in [9.17, 15) is 24.5 Å². The number of carboxylic acid groups (broad SMARTS) is 1. The number of hydrogen-bond acceptors (Lipinski definition) is 5. The number of carbonyl (C=O) groups is 3. The molecule has 0 bridgehead atoms. The Morgan fingerprint density at radius 1 is 1.25 bits per heavy atom. The maximum Gasteiger partial charge on any atom is 0.335 e. The van der Waals surface area contributed by atoms with Gasteiger partial charge in [-0.2, -0.15) is 0 Å². The lowest BCUT2D eigenvalue weighted by atomic mass is 10.1. The highest BCUT2D eigenvalue weighted by molar-refractivity contribution is 6.04. The minimum Gasteiger partial charge on any atom is -0.478 e. The molecule has 9 nitrogen and oxygen atoms in total. The third-order valence-corrected chi connectivity index (χ3v) is 4.57. The van der Waals surface area contributed by atoms with Crippen LogP contribution in [0.15, 0.2) is 42.5 Å². The van der Waals surface area contributed by atoms with Gasteiger partial charge in [0, 0.05) is 30.3 Å². The molecule has 0 radical (unpaired) electrons. The molecule has 0 saturated carbocycles. The summed E-state index contributed by atoms with van der Waals surface area (Å²) in [4.78, 5) is 47.8. The first-order valence-corrected chi connectivity index (χ1v) is 8.46. The van der Waals surface area contributed by atoms with Crippen molar-refractivity contribution in [2.45, 2.75) is 13.3 Å². The first-order chi connectivity index (χ1) is 13.3. The molecule has 2 amide bonds. The highest BCUT2D eigenvalue weighted by Crippen LogP contribution is 2.30. The molecule has 1 saturated heterocycles. The SMILES string of the molecule is Cc1ccc(N2C[C@H](C(=O)Nc3cccc(C(=O)O)c3)CC2=O)cc1[N+](=O)[O-]. The van der Waals surface area contributed by atoms with E-state index in [0.717, 1.165) is 0 Å². The molecule has 1 atom stereocenters. The Kier molecular flexibility index (Phi) is 5.08. The molecule has 3 rings (SSSR count). The lowest BCUT2D eigenvalue weighted by Gasteiger charge is -2.17. The van der Waals surface area contributed by atoms with E-state index in [4.69, 9.17) is 5.11 Å². The zero-order chi connectivity index (χ0) is 20.4. The quantitative estimate of drug-likeness (QED) is 0.603. The molecule has 0 aromatic heterocycles. The van der Waals surface area contributed by atoms with Gasteiger partial charge in [0.25, 0.3) is 5.69 Å². The molecule has 2 aromatic rings. The Morgan fingerprint density at radius 3 is 2.68 bits per heavy atom. The van der Waals surface area contributed by atoms with Crippen molar-refractivity contribution in [1.29, 1.82) is 0 Å². The molecule has 144 valence electrons. The van der Waals surface area contributed by atoms with Gasteiger partial charge in [-0.05, 0) is 31.2 Å². The summed E-state index contributed by atoms with van der Waals surface area (Å²) in [7, 11) is 0. The molecular weight excluding hydrogens is 366 g/mol. The van der Waals surface area contributed by atoms with Crippen molar-refractivity contribution in [3.8, 4) is 0 Å². The monoisotopic (exact) mass is 383 g/mol. The Labute approximate surface area is 159 Å². The summed E-state index contributed by atoms with van der Waals surface area (Å²) in [5.74, 6) is -2.49. The van der Waals surface area contributed by atoms with Crippen LogP contribution in [0.1, 0.15) is 22.3 Å². The summed E-state index contributed by atoms with van der Waals surface area (Å²) >= 11 is 0. The van der Waals surface area contributed by atoms with Crippen LogP contribution in [0.2, 0.25) is 0 Å². The fourth-order valence-corrected chi connectivity index (χ4v) is 3.07. The van der Waals surface area contributed by atoms with Gasteiger partial charge in [-0.25, -0.2) is 4.79 Å². The van der Waals surface area contributed by atoms with Crippen molar-refractivity contribution < 1.29 is 24.4 Å². The van der Waals surface area contributed by atoms with Crippen LogP contribution < -0.4 is 10.2 Å². The molecule has 2 N–H and O–H groups in total. The fourth-order valence-electron chi connectivity index (χ4n) is 3.07. The predicted molar refractivity (Wildman–Crippen MR) is 100 cm³/mol. The van der Waals surface area contributed by atoms with Crippen molar-refractivity contribution in [1.82, 2.24) is 0 Å². The summed E-state index contributed by atoms with van der Waals surface area (Å²) in [5, 5.41) is 22.8. The number of nitro benzene ring substituents is 1. The lowest BCUT2D eigenvalue weighted by molar-refractivity contribution is -0.385. The van der Waals surface area contributed by atoms with Gasteiger partial charge in [0.2, 0.25) is 11.8 Å². The van der Waals surface area contributed by atoms with E-state index in [2.05, 4.69) is 5.32 Å². The third-order valence-electron chi connectivity index (χ3n) is 4.57. The van der Waals surface area contributed by atoms with Gasteiger partial charge < -0.3 is 15.3 Å². The van der Waals surface area contributed by atoms with Gasteiger partial charge in [-0.3, -0.25) is 19.7 Å². The Bertz CT molecular complexity index is 987. The molecule has 9 heteroatoms. The van der Waals surface area contributed by atoms with Gasteiger partial charge in [-0.15, -0.1) is 0 Å². The number of carboxylic acids is 1. The van der Waals surface area contributed by atoms with Crippen LogP contribution in [0.4, 0.5) is 17.1 Å². The number of amides is 2. The Balaban J connectivity index is 1.75. The number of carbonyl (C=O) groups excluding carboxylic acids is 2. The molecule has 0 spiro atoms. The van der Waals surface area contributed by atoms with E-state index in [-0.39, 0.29) is 30.1 Å². The summed E-state index contributed by atoms with van der Waals surface area (Å²) < 4.78 is 0. The molecule has 28 heavy (non-hydrogen) atoms. The molecule has 2 aromatic carbocycles. The van der Waals surface area contributed by atoms with Crippen molar-refractivity contribution in [2.75, 3.05) is 16.8 Å². The van der Waals surface area contributed by atoms with Crippen LogP contribution in [0, 0.1) is 23.0 Å². The second-order valence-corrected chi connectivity index (χ2v) is 6.51. The van der Waals surface area contributed by atoms with Crippen LogP contribution in [-0.4, -0.2) is 34.4 Å². The first kappa shape index (κ1) is 19.0. The van der Waals surface area contributed by atoms with E-state index in [1.165, 1.54) is 29.2 Å². The zero-order valence-electron chi connectivity index (χ0n) is 14.9. The van der Waals surface area contributed by atoms with E-state index >= 15 is 0 Å². The smallest absolute Gasteiger partial charge is 0.335 e. The van der Waals surface area contributed by atoms with Crippen LogP contribution in [-0.2, 0) is 9.59 Å². The number of aromatic carboxylic acids is 1. The van der Waals surface area contributed by atoms with Gasteiger partial charge in [0.15, 0.2) is 0 Å². The van der Waals surface area contributed by atoms with Gasteiger partial charge >= 0.3 is 5.97 Å². The summed E-state index contributed by atoms with van der Waals surface area (Å²) in [6.45, 7) is 1.69. The minimum atomic E-state index is -1.11. The number of anilines is 2. The maximum atomic E-state index is 12.5. The summed E-state index contributed by atoms with van der Waals surface area (Å²) in [6, 6.07) is 10.3. The average molecular weight is 383 g/mol. The maximum absolute atomic E-state index is 12.5.